The third-order valence-electron chi connectivity index (χ3n) is 3.35. The van der Waals surface area contributed by atoms with Crippen LogP contribution in [-0.2, 0) is 11.3 Å². The minimum atomic E-state index is 0.159. The number of nitrogens with one attached hydrogen (secondary N) is 1. The second kappa shape index (κ2) is 7.27. The minimum Gasteiger partial charge on any atom is -0.339 e. The number of rotatable bonds is 4. The monoisotopic (exact) mass is 315 g/mol. The number of benzene rings is 1. The Kier molecular flexibility index (Phi) is 5.66. The van der Waals surface area contributed by atoms with Crippen LogP contribution in [0, 0.1) is 0 Å². The molecule has 2 rings (SSSR count). The highest BCUT2D eigenvalue weighted by atomic mass is 35.5. The summed E-state index contributed by atoms with van der Waals surface area (Å²) in [6.07, 6.45) is 0. The van der Waals surface area contributed by atoms with Crippen molar-refractivity contribution in [3.05, 3.63) is 33.8 Å². The zero-order valence-electron chi connectivity index (χ0n) is 11.5. The van der Waals surface area contributed by atoms with Crippen molar-refractivity contribution < 1.29 is 4.79 Å². The van der Waals surface area contributed by atoms with E-state index in [2.05, 4.69) is 5.32 Å². The van der Waals surface area contributed by atoms with Gasteiger partial charge in [-0.2, -0.15) is 0 Å². The molecular weight excluding hydrogens is 297 g/mol. The molecule has 1 N–H and O–H groups in total. The van der Waals surface area contributed by atoms with Crippen LogP contribution in [0.4, 0.5) is 0 Å². The Morgan fingerprint density at radius 2 is 2.05 bits per heavy atom. The number of hydrogen-bond acceptors (Lipinski definition) is 3. The van der Waals surface area contributed by atoms with Crippen LogP contribution in [0.3, 0.4) is 0 Å². The largest absolute Gasteiger partial charge is 0.339 e. The number of likely N-dealkylation sites (N-methyl/N-ethyl adjacent to an activating group) is 1. The molecule has 0 spiro atoms. The van der Waals surface area contributed by atoms with Gasteiger partial charge in [0.1, 0.15) is 0 Å². The van der Waals surface area contributed by atoms with Gasteiger partial charge in [-0.1, -0.05) is 35.3 Å². The van der Waals surface area contributed by atoms with E-state index in [1.54, 1.807) is 6.07 Å². The number of carbonyl (C=O) groups excluding carboxylic acids is 1. The van der Waals surface area contributed by atoms with Crippen LogP contribution in [0.15, 0.2) is 18.2 Å². The van der Waals surface area contributed by atoms with Crippen LogP contribution in [0.5, 0.6) is 0 Å². The van der Waals surface area contributed by atoms with Gasteiger partial charge in [0.05, 0.1) is 16.6 Å². The average Bonchev–Trinajstić information content (AvgIpc) is 2.45. The molecule has 20 heavy (non-hydrogen) atoms. The summed E-state index contributed by atoms with van der Waals surface area (Å²) < 4.78 is 0. The molecule has 1 aliphatic rings. The summed E-state index contributed by atoms with van der Waals surface area (Å²) in [5, 5.41) is 4.35. The molecule has 0 aromatic heterocycles. The van der Waals surface area contributed by atoms with Gasteiger partial charge < -0.3 is 10.2 Å². The fourth-order valence-electron chi connectivity index (χ4n) is 2.26. The summed E-state index contributed by atoms with van der Waals surface area (Å²) in [5.41, 5.74) is 0.940. The number of piperazine rings is 1. The number of amides is 1. The van der Waals surface area contributed by atoms with Crippen LogP contribution >= 0.6 is 23.2 Å². The molecule has 0 radical (unpaired) electrons. The first kappa shape index (κ1) is 15.6. The Balaban J connectivity index is 1.90. The van der Waals surface area contributed by atoms with Gasteiger partial charge in [-0.3, -0.25) is 9.69 Å². The van der Waals surface area contributed by atoms with Gasteiger partial charge in [0.2, 0.25) is 5.91 Å². The standard InChI is InChI=1S/C14H19Cl2N3O/c1-18(9-11-3-2-4-12(15)14(11)16)10-13(20)19-7-5-17-6-8-19/h2-4,17H,5-10H2,1H3. The van der Waals surface area contributed by atoms with Gasteiger partial charge in [-0.25, -0.2) is 0 Å². The lowest BCUT2D eigenvalue weighted by Crippen LogP contribution is -2.49. The number of halogens is 2. The molecule has 0 saturated carbocycles. The van der Waals surface area contributed by atoms with E-state index in [1.807, 2.05) is 29.0 Å². The summed E-state index contributed by atoms with van der Waals surface area (Å²) in [7, 11) is 1.91. The molecule has 0 bridgehead atoms. The Morgan fingerprint density at radius 1 is 1.35 bits per heavy atom. The van der Waals surface area contributed by atoms with E-state index >= 15 is 0 Å². The van der Waals surface area contributed by atoms with E-state index in [0.717, 1.165) is 31.7 Å². The van der Waals surface area contributed by atoms with Crippen molar-refractivity contribution in [2.24, 2.45) is 0 Å². The summed E-state index contributed by atoms with van der Waals surface area (Å²) in [6.45, 7) is 4.31. The maximum atomic E-state index is 12.1. The molecule has 1 aromatic rings. The fourth-order valence-corrected chi connectivity index (χ4v) is 2.64. The van der Waals surface area contributed by atoms with Gasteiger partial charge in [-0.05, 0) is 18.7 Å². The lowest BCUT2D eigenvalue weighted by Gasteiger charge is -2.29. The molecule has 110 valence electrons. The highest BCUT2D eigenvalue weighted by Crippen LogP contribution is 2.26. The lowest BCUT2D eigenvalue weighted by molar-refractivity contribution is -0.132. The predicted octanol–water partition coefficient (Wildman–Crippen LogP) is 1.86. The third-order valence-corrected chi connectivity index (χ3v) is 4.20. The van der Waals surface area contributed by atoms with Crippen LogP contribution in [0.25, 0.3) is 0 Å². The SMILES string of the molecule is CN(CC(=O)N1CCNCC1)Cc1cccc(Cl)c1Cl. The molecule has 0 atom stereocenters. The van der Waals surface area contributed by atoms with Crippen LogP contribution < -0.4 is 5.32 Å². The first-order valence-corrected chi connectivity index (χ1v) is 7.43. The van der Waals surface area contributed by atoms with Crippen molar-refractivity contribution in [1.82, 2.24) is 15.1 Å². The maximum absolute atomic E-state index is 12.1. The number of nitrogens with zero attached hydrogens (tertiary/aromatic N) is 2. The molecule has 0 unspecified atom stereocenters. The van der Waals surface area contributed by atoms with Crippen LogP contribution in [0.2, 0.25) is 10.0 Å². The Morgan fingerprint density at radius 3 is 2.75 bits per heavy atom. The summed E-state index contributed by atoms with van der Waals surface area (Å²) in [6, 6.07) is 5.56. The van der Waals surface area contributed by atoms with E-state index in [0.29, 0.717) is 23.1 Å². The Labute approximate surface area is 129 Å². The van der Waals surface area contributed by atoms with E-state index < -0.39 is 0 Å². The lowest BCUT2D eigenvalue weighted by atomic mass is 10.2. The molecule has 0 aliphatic carbocycles. The van der Waals surface area contributed by atoms with E-state index in [-0.39, 0.29) is 5.91 Å². The smallest absolute Gasteiger partial charge is 0.236 e. The first-order chi connectivity index (χ1) is 9.58. The molecule has 1 aliphatic heterocycles. The van der Waals surface area contributed by atoms with Gasteiger partial charge in [0.25, 0.3) is 0 Å². The molecule has 4 nitrogen and oxygen atoms in total. The van der Waals surface area contributed by atoms with Crippen molar-refractivity contribution in [2.75, 3.05) is 39.8 Å². The minimum absolute atomic E-state index is 0.159. The van der Waals surface area contributed by atoms with Crippen LogP contribution in [-0.4, -0.2) is 55.5 Å². The van der Waals surface area contributed by atoms with Crippen molar-refractivity contribution in [3.63, 3.8) is 0 Å². The van der Waals surface area contributed by atoms with Crippen molar-refractivity contribution in [3.8, 4) is 0 Å². The topological polar surface area (TPSA) is 35.6 Å². The van der Waals surface area contributed by atoms with Gasteiger partial charge in [0, 0.05) is 32.7 Å². The summed E-state index contributed by atoms with van der Waals surface area (Å²) in [4.78, 5) is 16.0. The Bertz CT molecular complexity index is 475. The molecule has 1 amide bonds. The maximum Gasteiger partial charge on any atom is 0.236 e. The van der Waals surface area contributed by atoms with E-state index in [1.165, 1.54) is 0 Å². The van der Waals surface area contributed by atoms with Gasteiger partial charge in [0.15, 0.2) is 0 Å². The van der Waals surface area contributed by atoms with Gasteiger partial charge in [-0.15, -0.1) is 0 Å². The normalized spacial score (nSPS) is 15.7. The highest BCUT2D eigenvalue weighted by Gasteiger charge is 2.18. The van der Waals surface area contributed by atoms with Crippen molar-refractivity contribution in [1.29, 1.82) is 0 Å². The zero-order chi connectivity index (χ0) is 14.5. The second-order valence-corrected chi connectivity index (χ2v) is 5.80. The predicted molar refractivity (Wildman–Crippen MR) is 82.2 cm³/mol. The molecule has 6 heteroatoms. The Hall–Kier alpha value is -0.810. The van der Waals surface area contributed by atoms with Gasteiger partial charge >= 0.3 is 0 Å². The number of hydrogen-bond donors (Lipinski definition) is 1. The van der Waals surface area contributed by atoms with Crippen molar-refractivity contribution in [2.45, 2.75) is 6.54 Å². The summed E-state index contributed by atoms with van der Waals surface area (Å²) in [5.74, 6) is 0.159. The fraction of sp³-hybridized carbons (Fsp3) is 0.500. The molecular formula is C14H19Cl2N3O. The highest BCUT2D eigenvalue weighted by molar-refractivity contribution is 6.42. The van der Waals surface area contributed by atoms with E-state index in [4.69, 9.17) is 23.2 Å². The third kappa shape index (κ3) is 4.09. The van der Waals surface area contributed by atoms with Crippen molar-refractivity contribution >= 4 is 29.1 Å². The first-order valence-electron chi connectivity index (χ1n) is 6.68. The van der Waals surface area contributed by atoms with Crippen LogP contribution in [0.1, 0.15) is 5.56 Å². The average molecular weight is 316 g/mol. The van der Waals surface area contributed by atoms with E-state index in [9.17, 15) is 4.79 Å². The quantitative estimate of drug-likeness (QED) is 0.921. The summed E-state index contributed by atoms with van der Waals surface area (Å²) >= 11 is 12.2. The molecule has 1 saturated heterocycles. The number of carbonyl (C=O) groups is 1. The zero-order valence-corrected chi connectivity index (χ0v) is 13.0. The molecule has 1 fully saturated rings. The second-order valence-electron chi connectivity index (χ2n) is 5.02. The molecule has 1 aromatic carbocycles. The molecule has 1 heterocycles.